The molecule has 47 heavy (non-hydrogen) atoms. The highest BCUT2D eigenvalue weighted by Gasteiger charge is 2.50. The van der Waals surface area contributed by atoms with Crippen LogP contribution in [0.5, 0.6) is 28.7 Å². The summed E-state index contributed by atoms with van der Waals surface area (Å²) in [7, 11) is 1.28. The quantitative estimate of drug-likeness (QED) is 0.137. The summed E-state index contributed by atoms with van der Waals surface area (Å²) >= 11 is 0. The molecule has 2 aliphatic heterocycles. The Bertz CT molecular complexity index is 1670. The Hall–Kier alpha value is -4.20. The van der Waals surface area contributed by atoms with Crippen LogP contribution in [0.25, 0.3) is 22.3 Å². The molecule has 0 bridgehead atoms. The Morgan fingerprint density at radius 3 is 2.28 bits per heavy atom. The third kappa shape index (κ3) is 6.65. The van der Waals surface area contributed by atoms with Crippen LogP contribution in [0.4, 0.5) is 0 Å². The Labute approximate surface area is 265 Å². The molecule has 0 amide bonds. The molecule has 17 nitrogen and oxygen atoms in total. The number of methoxy groups -OCH3 is 1. The van der Waals surface area contributed by atoms with E-state index in [0.29, 0.717) is 0 Å². The third-order valence-electron chi connectivity index (χ3n) is 7.77. The highest BCUT2D eigenvalue weighted by molar-refractivity contribution is 5.88. The van der Waals surface area contributed by atoms with E-state index in [-0.39, 0.29) is 28.4 Å². The number of rotatable bonds is 8. The van der Waals surface area contributed by atoms with Gasteiger partial charge >= 0.3 is 5.97 Å². The number of aromatic hydroxyl groups is 3. The number of carbonyl (C=O) groups is 1. The van der Waals surface area contributed by atoms with Crippen LogP contribution >= 0.6 is 0 Å². The van der Waals surface area contributed by atoms with Crippen molar-refractivity contribution in [1.29, 1.82) is 0 Å². The van der Waals surface area contributed by atoms with E-state index < -0.39 is 102 Å². The number of phenols is 3. The van der Waals surface area contributed by atoms with Crippen LogP contribution in [-0.4, -0.2) is 122 Å². The molecular weight excluding hydrogens is 632 g/mol. The van der Waals surface area contributed by atoms with Crippen LogP contribution in [0.1, 0.15) is 13.8 Å². The van der Waals surface area contributed by atoms with Crippen molar-refractivity contribution in [3.8, 4) is 40.1 Å². The van der Waals surface area contributed by atoms with Crippen LogP contribution in [-0.2, 0) is 23.7 Å². The number of hydrogen-bond acceptors (Lipinski definition) is 17. The molecule has 2 aromatic carbocycles. The van der Waals surface area contributed by atoms with Gasteiger partial charge in [-0.3, -0.25) is 9.59 Å². The molecule has 0 radical (unpaired) electrons. The minimum absolute atomic E-state index is 0.0310. The third-order valence-corrected chi connectivity index (χ3v) is 7.77. The first-order valence-electron chi connectivity index (χ1n) is 14.3. The second-order valence-corrected chi connectivity index (χ2v) is 11.0. The van der Waals surface area contributed by atoms with Crippen LogP contribution in [0.15, 0.2) is 39.5 Å². The molecule has 0 spiro atoms. The van der Waals surface area contributed by atoms with E-state index in [2.05, 4.69) is 0 Å². The van der Waals surface area contributed by atoms with E-state index in [0.717, 1.165) is 19.1 Å². The van der Waals surface area contributed by atoms with Gasteiger partial charge in [0.15, 0.2) is 29.7 Å². The SMILES string of the molecule is COc1cc(-c2oc3cc(O)cc(O)c3c(=O)c2O[C@@H]2O[C@@H](CO[C@@H]3O[C@H](C)[C@H](O)[C@@H](O)[C@H]3O)[C@@H](O)[C@H](O)[C@H]2OC(C)=O)ccc1O. The highest BCUT2D eigenvalue weighted by atomic mass is 16.7. The largest absolute Gasteiger partial charge is 0.508 e. The van der Waals surface area contributed by atoms with Crippen molar-refractivity contribution < 1.29 is 78.5 Å². The second-order valence-electron chi connectivity index (χ2n) is 11.0. The van der Waals surface area contributed by atoms with Crippen molar-refractivity contribution in [2.24, 2.45) is 0 Å². The van der Waals surface area contributed by atoms with Gasteiger partial charge in [-0.15, -0.1) is 0 Å². The second kappa shape index (κ2) is 13.5. The Kier molecular flexibility index (Phi) is 9.81. The number of aliphatic hydroxyl groups is 5. The molecule has 256 valence electrons. The molecule has 0 saturated carbocycles. The molecule has 17 heteroatoms. The van der Waals surface area contributed by atoms with Gasteiger partial charge in [0.1, 0.15) is 59.1 Å². The van der Waals surface area contributed by atoms with E-state index >= 15 is 0 Å². The number of hydrogen-bond donors (Lipinski definition) is 8. The average Bonchev–Trinajstić information content (AvgIpc) is 3.02. The molecule has 10 atom stereocenters. The van der Waals surface area contributed by atoms with Crippen molar-refractivity contribution >= 4 is 16.9 Å². The van der Waals surface area contributed by atoms with Crippen LogP contribution < -0.4 is 14.9 Å². The summed E-state index contributed by atoms with van der Waals surface area (Å²) in [6, 6.07) is 5.80. The topological polar surface area (TPSA) is 264 Å². The standard InChI is InChI=1S/C30H34O17/c1-10-20(35)23(38)25(40)29(43-10)42-9-18-21(36)24(39)28(44-11(2)31)30(46-18)47-27-22(37)19-15(34)7-13(32)8-17(19)45-26(27)12-4-5-14(33)16(6-12)41-3/h4-8,10,18,20-21,23-25,28-30,32-36,38-40H,9H2,1-3H3/t10-,18+,20+,21-,23-,24+,25-,28-,29-,30+/m1/s1. The monoisotopic (exact) mass is 666 g/mol. The van der Waals surface area contributed by atoms with Crippen molar-refractivity contribution in [2.75, 3.05) is 13.7 Å². The number of carbonyl (C=O) groups excluding carboxylic acids is 1. The summed E-state index contributed by atoms with van der Waals surface area (Å²) in [5.41, 5.74) is -1.17. The van der Waals surface area contributed by atoms with Gasteiger partial charge in [0.05, 0.1) is 19.8 Å². The van der Waals surface area contributed by atoms with Crippen LogP contribution in [0.3, 0.4) is 0 Å². The van der Waals surface area contributed by atoms with Gasteiger partial charge in [-0.05, 0) is 25.1 Å². The predicted octanol–water partition coefficient (Wildman–Crippen LogP) is -0.813. The first-order chi connectivity index (χ1) is 22.2. The van der Waals surface area contributed by atoms with Gasteiger partial charge in [-0.1, -0.05) is 0 Å². The average molecular weight is 667 g/mol. The van der Waals surface area contributed by atoms with Crippen molar-refractivity contribution in [2.45, 2.75) is 75.3 Å². The zero-order valence-electron chi connectivity index (χ0n) is 25.1. The fourth-order valence-corrected chi connectivity index (χ4v) is 5.30. The molecule has 3 aromatic rings. The molecule has 2 aliphatic rings. The van der Waals surface area contributed by atoms with Gasteiger partial charge in [-0.25, -0.2) is 0 Å². The molecule has 5 rings (SSSR count). The van der Waals surface area contributed by atoms with E-state index in [4.69, 9.17) is 32.8 Å². The van der Waals surface area contributed by atoms with Crippen molar-refractivity contribution in [1.82, 2.24) is 0 Å². The van der Waals surface area contributed by atoms with E-state index in [1.165, 1.54) is 32.2 Å². The lowest BCUT2D eigenvalue weighted by atomic mass is 9.98. The highest BCUT2D eigenvalue weighted by Crippen LogP contribution is 2.40. The van der Waals surface area contributed by atoms with E-state index in [1.807, 2.05) is 0 Å². The number of phenolic OH excluding ortho intramolecular Hbond substituents is 3. The Balaban J connectivity index is 1.54. The Morgan fingerprint density at radius 1 is 0.872 bits per heavy atom. The van der Waals surface area contributed by atoms with Gasteiger partial charge in [0, 0.05) is 24.6 Å². The lowest BCUT2D eigenvalue weighted by molar-refractivity contribution is -0.319. The normalized spacial score (nSPS) is 31.0. The minimum Gasteiger partial charge on any atom is -0.508 e. The maximum atomic E-state index is 13.9. The summed E-state index contributed by atoms with van der Waals surface area (Å²) < 4.78 is 38.9. The summed E-state index contributed by atoms with van der Waals surface area (Å²) in [6.45, 7) is 1.82. The molecule has 3 heterocycles. The fourth-order valence-electron chi connectivity index (χ4n) is 5.30. The number of benzene rings is 2. The van der Waals surface area contributed by atoms with Gasteiger partial charge in [0.2, 0.25) is 17.5 Å². The molecule has 0 unspecified atom stereocenters. The number of aliphatic hydroxyl groups excluding tert-OH is 5. The lowest BCUT2D eigenvalue weighted by Gasteiger charge is -2.43. The first-order valence-corrected chi connectivity index (χ1v) is 14.3. The van der Waals surface area contributed by atoms with E-state index in [1.54, 1.807) is 0 Å². The van der Waals surface area contributed by atoms with Crippen molar-refractivity contribution in [3.63, 3.8) is 0 Å². The molecule has 0 aliphatic carbocycles. The van der Waals surface area contributed by atoms with Crippen LogP contribution in [0.2, 0.25) is 0 Å². The molecule has 2 fully saturated rings. The van der Waals surface area contributed by atoms with Gasteiger partial charge < -0.3 is 73.7 Å². The summed E-state index contributed by atoms with van der Waals surface area (Å²) in [5.74, 6) is -3.30. The Morgan fingerprint density at radius 2 is 1.60 bits per heavy atom. The van der Waals surface area contributed by atoms with Crippen LogP contribution in [0, 0.1) is 0 Å². The smallest absolute Gasteiger partial charge is 0.303 e. The maximum absolute atomic E-state index is 13.9. The first kappa shape index (κ1) is 34.1. The molecular formula is C30H34O17. The number of esters is 1. The molecule has 2 saturated heterocycles. The molecule has 8 N–H and O–H groups in total. The minimum atomic E-state index is -1.90. The summed E-state index contributed by atoms with van der Waals surface area (Å²) in [5, 5.41) is 82.5. The number of fused-ring (bicyclic) bond motifs is 1. The van der Waals surface area contributed by atoms with Gasteiger partial charge in [0.25, 0.3) is 0 Å². The number of ether oxygens (including phenoxy) is 6. The zero-order valence-corrected chi connectivity index (χ0v) is 25.1. The zero-order chi connectivity index (χ0) is 34.3. The van der Waals surface area contributed by atoms with Crippen molar-refractivity contribution in [3.05, 3.63) is 40.6 Å². The summed E-state index contributed by atoms with van der Waals surface area (Å²) in [6.07, 6.45) is -16.0. The molecule has 1 aromatic heterocycles. The predicted molar refractivity (Wildman–Crippen MR) is 155 cm³/mol. The van der Waals surface area contributed by atoms with E-state index in [9.17, 15) is 50.4 Å². The summed E-state index contributed by atoms with van der Waals surface area (Å²) in [4.78, 5) is 25.9. The fraction of sp³-hybridized carbons (Fsp3) is 0.467. The lowest BCUT2D eigenvalue weighted by Crippen LogP contribution is -2.62. The maximum Gasteiger partial charge on any atom is 0.303 e. The van der Waals surface area contributed by atoms with Gasteiger partial charge in [-0.2, -0.15) is 0 Å².